The molecule has 1 N–H and O–H groups in total. The highest BCUT2D eigenvalue weighted by Crippen LogP contribution is 2.06. The summed E-state index contributed by atoms with van der Waals surface area (Å²) >= 11 is 1.20. The molecule has 17 heavy (non-hydrogen) atoms. The van der Waals surface area contributed by atoms with Crippen LogP contribution in [-0.4, -0.2) is 26.9 Å². The van der Waals surface area contributed by atoms with E-state index >= 15 is 0 Å². The number of hydrogen-bond donors (Lipinski definition) is 1. The number of carbonyl (C=O) groups is 2. The summed E-state index contributed by atoms with van der Waals surface area (Å²) in [6, 6.07) is 1.41. The Balaban J connectivity index is 2.65. The summed E-state index contributed by atoms with van der Waals surface area (Å²) < 4.78 is 0. The van der Waals surface area contributed by atoms with Gasteiger partial charge in [-0.3, -0.25) is 9.78 Å². The van der Waals surface area contributed by atoms with Gasteiger partial charge in [0.25, 0.3) is 0 Å². The van der Waals surface area contributed by atoms with E-state index in [4.69, 9.17) is 5.11 Å². The van der Waals surface area contributed by atoms with E-state index in [2.05, 4.69) is 16.8 Å². The van der Waals surface area contributed by atoms with E-state index in [0.717, 1.165) is 0 Å². The molecule has 0 unspecified atom stereocenters. The number of carboxylic acids is 1. The molecule has 0 atom stereocenters. The number of carboxylic acid groups (broad SMARTS) is 1. The van der Waals surface area contributed by atoms with Gasteiger partial charge in [-0.25, -0.2) is 4.79 Å². The number of nitrogens with zero attached hydrogens (tertiary/aromatic N) is 1. The Morgan fingerprint density at radius 3 is 2.94 bits per heavy atom. The van der Waals surface area contributed by atoms with Crippen molar-refractivity contribution in [1.29, 1.82) is 0 Å². The van der Waals surface area contributed by atoms with Crippen molar-refractivity contribution in [3.8, 4) is 11.8 Å². The normalized spacial score (nSPS) is 9.24. The quantitative estimate of drug-likeness (QED) is 0.653. The molecule has 1 aromatic rings. The highest BCUT2D eigenvalue weighted by atomic mass is 32.2. The Labute approximate surface area is 103 Å². The summed E-state index contributed by atoms with van der Waals surface area (Å²) in [5.74, 6) is 5.17. The molecule has 0 amide bonds. The van der Waals surface area contributed by atoms with Gasteiger partial charge in [-0.2, -0.15) is 0 Å². The van der Waals surface area contributed by atoms with Crippen LogP contribution in [0.4, 0.5) is 0 Å². The Morgan fingerprint density at radius 2 is 2.29 bits per heavy atom. The molecule has 0 fully saturated rings. The Morgan fingerprint density at radius 1 is 1.53 bits per heavy atom. The van der Waals surface area contributed by atoms with Crippen molar-refractivity contribution < 1.29 is 14.7 Å². The van der Waals surface area contributed by atoms with Crippen LogP contribution in [0.3, 0.4) is 0 Å². The van der Waals surface area contributed by atoms with Crippen molar-refractivity contribution in [3.63, 3.8) is 0 Å². The SMILES string of the molecule is CC(=O)SCCC#Cc1cnccc1C(=O)O. The van der Waals surface area contributed by atoms with E-state index in [9.17, 15) is 9.59 Å². The molecule has 0 radical (unpaired) electrons. The van der Waals surface area contributed by atoms with Crippen LogP contribution in [0, 0.1) is 11.8 Å². The van der Waals surface area contributed by atoms with Gasteiger partial charge in [-0.05, 0) is 6.07 Å². The second kappa shape index (κ2) is 6.71. The lowest BCUT2D eigenvalue weighted by atomic mass is 10.1. The summed E-state index contributed by atoms with van der Waals surface area (Å²) in [4.78, 5) is 25.3. The third kappa shape index (κ3) is 4.70. The summed E-state index contributed by atoms with van der Waals surface area (Å²) in [5, 5.41) is 8.95. The van der Waals surface area contributed by atoms with Crippen LogP contribution in [0.15, 0.2) is 18.5 Å². The molecule has 5 heteroatoms. The van der Waals surface area contributed by atoms with Crippen molar-refractivity contribution in [2.45, 2.75) is 13.3 Å². The lowest BCUT2D eigenvalue weighted by Crippen LogP contribution is -2.00. The van der Waals surface area contributed by atoms with Crippen LogP contribution >= 0.6 is 11.8 Å². The minimum Gasteiger partial charge on any atom is -0.478 e. The van der Waals surface area contributed by atoms with E-state index < -0.39 is 5.97 Å². The minimum absolute atomic E-state index is 0.0550. The zero-order valence-electron chi connectivity index (χ0n) is 9.27. The van der Waals surface area contributed by atoms with Gasteiger partial charge >= 0.3 is 5.97 Å². The third-order valence-electron chi connectivity index (χ3n) is 1.81. The van der Waals surface area contributed by atoms with Gasteiger partial charge in [-0.1, -0.05) is 23.6 Å². The van der Waals surface area contributed by atoms with Crippen molar-refractivity contribution >= 4 is 22.8 Å². The molecule has 0 spiro atoms. The summed E-state index contributed by atoms with van der Waals surface area (Å²) in [7, 11) is 0. The van der Waals surface area contributed by atoms with Crippen LogP contribution in [0.25, 0.3) is 0 Å². The number of pyridine rings is 1. The van der Waals surface area contributed by atoms with E-state index in [0.29, 0.717) is 17.7 Å². The van der Waals surface area contributed by atoms with Crippen molar-refractivity contribution in [2.75, 3.05) is 5.75 Å². The smallest absolute Gasteiger partial charge is 0.337 e. The molecule has 1 rings (SSSR count). The largest absolute Gasteiger partial charge is 0.478 e. The van der Waals surface area contributed by atoms with Crippen LogP contribution in [0.1, 0.15) is 29.3 Å². The fourth-order valence-electron chi connectivity index (χ4n) is 1.08. The second-order valence-corrected chi connectivity index (χ2v) is 4.39. The summed E-state index contributed by atoms with van der Waals surface area (Å²) in [5.41, 5.74) is 0.541. The average molecular weight is 249 g/mol. The molecule has 1 heterocycles. The maximum atomic E-state index is 10.9. The molecule has 0 aliphatic heterocycles. The number of hydrogen-bond acceptors (Lipinski definition) is 4. The predicted octanol–water partition coefficient (Wildman–Crippen LogP) is 1.80. The fraction of sp³-hybridized carbons (Fsp3) is 0.250. The zero-order valence-corrected chi connectivity index (χ0v) is 10.1. The Kier molecular flexibility index (Phi) is 5.24. The highest BCUT2D eigenvalue weighted by molar-refractivity contribution is 8.13. The standard InChI is InChI=1S/C12H11NO3S/c1-9(14)17-7-3-2-4-10-8-13-6-5-11(10)12(15)16/h5-6,8H,3,7H2,1H3,(H,15,16). The number of rotatable bonds is 3. The predicted molar refractivity (Wildman–Crippen MR) is 65.8 cm³/mol. The van der Waals surface area contributed by atoms with E-state index in [1.807, 2.05) is 0 Å². The molecule has 88 valence electrons. The molecule has 0 saturated carbocycles. The topological polar surface area (TPSA) is 67.3 Å². The number of aromatic nitrogens is 1. The molecular weight excluding hydrogens is 238 g/mol. The Hall–Kier alpha value is -1.80. The molecular formula is C12H11NO3S. The first kappa shape index (κ1) is 13.3. The lowest BCUT2D eigenvalue weighted by Gasteiger charge is -1.96. The van der Waals surface area contributed by atoms with Gasteiger partial charge in [0.2, 0.25) is 0 Å². The van der Waals surface area contributed by atoms with E-state index in [1.54, 1.807) is 0 Å². The lowest BCUT2D eigenvalue weighted by molar-refractivity contribution is -0.109. The minimum atomic E-state index is -1.02. The molecule has 0 bridgehead atoms. The maximum Gasteiger partial charge on any atom is 0.337 e. The van der Waals surface area contributed by atoms with E-state index in [1.165, 1.54) is 37.1 Å². The molecule has 4 nitrogen and oxygen atoms in total. The number of thioether (sulfide) groups is 1. The first-order chi connectivity index (χ1) is 8.11. The van der Waals surface area contributed by atoms with Crippen LogP contribution in [0.5, 0.6) is 0 Å². The monoisotopic (exact) mass is 249 g/mol. The molecule has 0 aliphatic rings. The summed E-state index contributed by atoms with van der Waals surface area (Å²) in [6.07, 6.45) is 3.38. The van der Waals surface area contributed by atoms with Crippen molar-refractivity contribution in [2.24, 2.45) is 0 Å². The first-order valence-electron chi connectivity index (χ1n) is 4.91. The average Bonchev–Trinajstić information content (AvgIpc) is 2.28. The molecule has 1 aromatic heterocycles. The van der Waals surface area contributed by atoms with Crippen LogP contribution < -0.4 is 0 Å². The number of carbonyl (C=O) groups excluding carboxylic acids is 1. The number of aromatic carboxylic acids is 1. The first-order valence-corrected chi connectivity index (χ1v) is 5.89. The van der Waals surface area contributed by atoms with Gasteiger partial charge < -0.3 is 5.11 Å². The molecule has 0 saturated heterocycles. The molecule has 0 aromatic carbocycles. The zero-order chi connectivity index (χ0) is 12.7. The molecule has 0 aliphatic carbocycles. The second-order valence-electron chi connectivity index (χ2n) is 3.12. The Bertz CT molecular complexity index is 488. The van der Waals surface area contributed by atoms with E-state index in [-0.39, 0.29) is 10.7 Å². The van der Waals surface area contributed by atoms with Gasteiger partial charge in [-0.15, -0.1) is 0 Å². The maximum absolute atomic E-state index is 10.9. The summed E-state index contributed by atoms with van der Waals surface area (Å²) in [6.45, 7) is 1.50. The van der Waals surface area contributed by atoms with Gasteiger partial charge in [0.15, 0.2) is 5.12 Å². The highest BCUT2D eigenvalue weighted by Gasteiger charge is 2.06. The fourth-order valence-corrected chi connectivity index (χ4v) is 1.58. The van der Waals surface area contributed by atoms with Crippen LogP contribution in [0.2, 0.25) is 0 Å². The van der Waals surface area contributed by atoms with Gasteiger partial charge in [0.05, 0.1) is 11.1 Å². The van der Waals surface area contributed by atoms with Gasteiger partial charge in [0, 0.05) is 31.5 Å². The third-order valence-corrected chi connectivity index (χ3v) is 2.62. The van der Waals surface area contributed by atoms with Gasteiger partial charge in [0.1, 0.15) is 0 Å². The van der Waals surface area contributed by atoms with Crippen molar-refractivity contribution in [3.05, 3.63) is 29.6 Å². The van der Waals surface area contributed by atoms with Crippen molar-refractivity contribution in [1.82, 2.24) is 4.98 Å². The van der Waals surface area contributed by atoms with Crippen LogP contribution in [-0.2, 0) is 4.79 Å².